The number of hydrogen-bond acceptors (Lipinski definition) is 7. The summed E-state index contributed by atoms with van der Waals surface area (Å²) in [7, 11) is 1.61. The number of anilines is 2. The Balaban J connectivity index is 1.29. The van der Waals surface area contributed by atoms with Gasteiger partial charge in [-0.2, -0.15) is 4.37 Å². The number of benzene rings is 2. The highest BCUT2D eigenvalue weighted by Crippen LogP contribution is 2.35. The molecule has 1 aliphatic rings. The molecule has 0 aliphatic carbocycles. The quantitative estimate of drug-likeness (QED) is 0.398. The molecule has 0 spiro atoms. The van der Waals surface area contributed by atoms with Crippen LogP contribution in [0, 0.1) is 5.92 Å². The molecular weight excluding hydrogens is 446 g/mol. The number of fused-ring (bicyclic) bond motifs is 1. The van der Waals surface area contributed by atoms with Gasteiger partial charge in [0, 0.05) is 37.0 Å². The lowest BCUT2D eigenvalue weighted by Crippen LogP contribution is -2.40. The van der Waals surface area contributed by atoms with Gasteiger partial charge in [-0.1, -0.05) is 24.3 Å². The van der Waals surface area contributed by atoms with Crippen molar-refractivity contribution in [1.29, 1.82) is 0 Å². The van der Waals surface area contributed by atoms with Gasteiger partial charge in [-0.15, -0.1) is 0 Å². The smallest absolute Gasteiger partial charge is 0.251 e. The van der Waals surface area contributed by atoms with Crippen molar-refractivity contribution in [3.8, 4) is 16.9 Å². The van der Waals surface area contributed by atoms with Gasteiger partial charge in [0.05, 0.1) is 12.8 Å². The molecule has 8 heteroatoms. The molecule has 2 aromatic heterocycles. The first kappa shape index (κ1) is 22.2. The predicted octanol–water partition coefficient (Wildman–Crippen LogP) is 4.60. The molecular formula is C26H27N5O2S. The Bertz CT molecular complexity index is 1310. The molecule has 1 saturated heterocycles. The lowest BCUT2D eigenvalue weighted by Gasteiger charge is -2.33. The molecule has 0 saturated carbocycles. The Labute approximate surface area is 202 Å². The molecule has 3 N–H and O–H groups in total. The highest BCUT2D eigenvalue weighted by atomic mass is 32.1. The molecule has 1 atom stereocenters. The van der Waals surface area contributed by atoms with Crippen LogP contribution in [0.4, 0.5) is 10.7 Å². The van der Waals surface area contributed by atoms with Gasteiger partial charge in [0.1, 0.15) is 21.8 Å². The van der Waals surface area contributed by atoms with E-state index in [9.17, 15) is 4.79 Å². The number of carbonyl (C=O) groups excluding carboxylic acids is 1. The standard InChI is InChI=1S/C26H27N5O2S/c1-33-23-13-19(9-10-21(23)27)20-12-22-24(28-15-20)26(34-30-22)31-11-5-6-17(16-31)14-29-25(32)18-7-3-2-4-8-18/h2-4,7-10,12-13,15,17H,5-6,11,14,16,27H2,1H3,(H,29,32). The monoisotopic (exact) mass is 473 g/mol. The molecule has 4 aromatic rings. The summed E-state index contributed by atoms with van der Waals surface area (Å²) in [6, 6.07) is 17.2. The van der Waals surface area contributed by atoms with E-state index in [0.29, 0.717) is 29.5 Å². The fourth-order valence-corrected chi connectivity index (χ4v) is 5.27. The average molecular weight is 474 g/mol. The van der Waals surface area contributed by atoms with Crippen LogP contribution in [-0.2, 0) is 0 Å². The number of nitrogens with two attached hydrogens (primary N) is 1. The van der Waals surface area contributed by atoms with Crippen molar-refractivity contribution in [2.45, 2.75) is 12.8 Å². The van der Waals surface area contributed by atoms with Crippen molar-refractivity contribution in [1.82, 2.24) is 14.7 Å². The van der Waals surface area contributed by atoms with E-state index in [1.54, 1.807) is 7.11 Å². The molecule has 1 fully saturated rings. The van der Waals surface area contributed by atoms with E-state index < -0.39 is 0 Å². The summed E-state index contributed by atoms with van der Waals surface area (Å²) in [4.78, 5) is 19.6. The van der Waals surface area contributed by atoms with Crippen LogP contribution < -0.4 is 20.7 Å². The summed E-state index contributed by atoms with van der Waals surface area (Å²) in [6.45, 7) is 2.52. The van der Waals surface area contributed by atoms with Gasteiger partial charge in [0.2, 0.25) is 0 Å². The van der Waals surface area contributed by atoms with E-state index in [0.717, 1.165) is 53.1 Å². The number of amides is 1. The summed E-state index contributed by atoms with van der Waals surface area (Å²) in [5, 5.41) is 4.19. The van der Waals surface area contributed by atoms with Crippen molar-refractivity contribution < 1.29 is 9.53 Å². The summed E-state index contributed by atoms with van der Waals surface area (Å²) in [5.74, 6) is 1.02. The first-order chi connectivity index (χ1) is 16.6. The van der Waals surface area contributed by atoms with Crippen LogP contribution in [0.2, 0.25) is 0 Å². The lowest BCUT2D eigenvalue weighted by molar-refractivity contribution is 0.0945. The van der Waals surface area contributed by atoms with Crippen molar-refractivity contribution in [2.75, 3.05) is 37.4 Å². The van der Waals surface area contributed by atoms with E-state index in [1.165, 1.54) is 11.5 Å². The average Bonchev–Trinajstić information content (AvgIpc) is 3.31. The third kappa shape index (κ3) is 4.54. The maximum atomic E-state index is 12.4. The van der Waals surface area contributed by atoms with Gasteiger partial charge in [0.15, 0.2) is 0 Å². The molecule has 0 radical (unpaired) electrons. The minimum Gasteiger partial charge on any atom is -0.495 e. The summed E-state index contributed by atoms with van der Waals surface area (Å²) >= 11 is 1.49. The number of hydrogen-bond donors (Lipinski definition) is 2. The van der Waals surface area contributed by atoms with Crippen LogP contribution >= 0.6 is 11.5 Å². The Morgan fingerprint density at radius 1 is 1.21 bits per heavy atom. The molecule has 3 heterocycles. The van der Waals surface area contributed by atoms with Crippen LogP contribution in [0.3, 0.4) is 0 Å². The largest absolute Gasteiger partial charge is 0.495 e. The number of piperidine rings is 1. The van der Waals surface area contributed by atoms with Gasteiger partial charge in [-0.3, -0.25) is 9.78 Å². The van der Waals surface area contributed by atoms with E-state index in [2.05, 4.69) is 16.3 Å². The zero-order valence-electron chi connectivity index (χ0n) is 19.0. The normalized spacial score (nSPS) is 15.9. The zero-order valence-corrected chi connectivity index (χ0v) is 19.8. The fraction of sp³-hybridized carbons (Fsp3) is 0.269. The molecule has 5 rings (SSSR count). The number of nitrogens with zero attached hydrogens (tertiary/aromatic N) is 3. The lowest BCUT2D eigenvalue weighted by atomic mass is 9.98. The topological polar surface area (TPSA) is 93.4 Å². The number of ether oxygens (including phenoxy) is 1. The molecule has 174 valence electrons. The SMILES string of the molecule is COc1cc(-c2cnc3c(N4CCCC(CNC(=O)c5ccccc5)C4)snc3c2)ccc1N. The molecule has 7 nitrogen and oxygen atoms in total. The fourth-order valence-electron chi connectivity index (χ4n) is 4.42. The number of nitrogens with one attached hydrogen (secondary N) is 1. The molecule has 0 bridgehead atoms. The van der Waals surface area contributed by atoms with Crippen LogP contribution in [0.1, 0.15) is 23.2 Å². The van der Waals surface area contributed by atoms with Gasteiger partial charge in [-0.05, 0) is 66.2 Å². The van der Waals surface area contributed by atoms with Crippen LogP contribution in [0.15, 0.2) is 60.8 Å². The summed E-state index contributed by atoms with van der Waals surface area (Å²) < 4.78 is 10.0. The summed E-state index contributed by atoms with van der Waals surface area (Å²) in [5.41, 5.74) is 11.0. The number of carbonyl (C=O) groups is 1. The maximum Gasteiger partial charge on any atom is 0.251 e. The first-order valence-corrected chi connectivity index (χ1v) is 12.2. The number of rotatable bonds is 6. The second-order valence-corrected chi connectivity index (χ2v) is 9.32. The second-order valence-electron chi connectivity index (χ2n) is 8.57. The second kappa shape index (κ2) is 9.69. The van der Waals surface area contributed by atoms with E-state index in [1.807, 2.05) is 54.7 Å². The third-order valence-corrected chi connectivity index (χ3v) is 7.17. The van der Waals surface area contributed by atoms with Gasteiger partial charge < -0.3 is 20.7 Å². The molecule has 34 heavy (non-hydrogen) atoms. The zero-order chi connectivity index (χ0) is 23.5. The van der Waals surface area contributed by atoms with Crippen molar-refractivity contribution in [3.05, 3.63) is 66.4 Å². The Kier molecular flexibility index (Phi) is 6.31. The maximum absolute atomic E-state index is 12.4. The Morgan fingerprint density at radius 2 is 2.06 bits per heavy atom. The summed E-state index contributed by atoms with van der Waals surface area (Å²) in [6.07, 6.45) is 4.06. The van der Waals surface area contributed by atoms with Crippen molar-refractivity contribution >= 4 is 39.2 Å². The molecule has 2 aromatic carbocycles. The number of methoxy groups -OCH3 is 1. The molecule has 1 aliphatic heterocycles. The third-order valence-electron chi connectivity index (χ3n) is 6.26. The number of aromatic nitrogens is 2. The highest BCUT2D eigenvalue weighted by Gasteiger charge is 2.24. The van der Waals surface area contributed by atoms with E-state index in [4.69, 9.17) is 19.8 Å². The Morgan fingerprint density at radius 3 is 2.88 bits per heavy atom. The van der Waals surface area contributed by atoms with Gasteiger partial charge >= 0.3 is 0 Å². The van der Waals surface area contributed by atoms with Gasteiger partial charge in [0.25, 0.3) is 5.91 Å². The van der Waals surface area contributed by atoms with E-state index >= 15 is 0 Å². The van der Waals surface area contributed by atoms with E-state index in [-0.39, 0.29) is 5.91 Å². The van der Waals surface area contributed by atoms with Crippen LogP contribution in [-0.4, -0.2) is 42.0 Å². The number of pyridine rings is 1. The minimum atomic E-state index is -0.0190. The highest BCUT2D eigenvalue weighted by molar-refractivity contribution is 7.11. The molecule has 1 unspecified atom stereocenters. The van der Waals surface area contributed by atoms with Gasteiger partial charge in [-0.25, -0.2) is 0 Å². The number of nitrogen functional groups attached to an aromatic ring is 1. The van der Waals surface area contributed by atoms with Crippen molar-refractivity contribution in [3.63, 3.8) is 0 Å². The first-order valence-electron chi connectivity index (χ1n) is 11.4. The predicted molar refractivity (Wildman–Crippen MR) is 138 cm³/mol. The Hall–Kier alpha value is -3.65. The molecule has 1 amide bonds. The van der Waals surface area contributed by atoms with Crippen LogP contribution in [0.5, 0.6) is 5.75 Å². The minimum absolute atomic E-state index is 0.0190. The van der Waals surface area contributed by atoms with Crippen molar-refractivity contribution in [2.24, 2.45) is 5.92 Å². The van der Waals surface area contributed by atoms with Crippen LogP contribution in [0.25, 0.3) is 22.2 Å².